The minimum Gasteiger partial charge on any atom is -0.327 e. The fourth-order valence-corrected chi connectivity index (χ4v) is 3.05. The first-order chi connectivity index (χ1) is 6.63. The minimum atomic E-state index is 0.286. The first-order valence-electron chi connectivity index (χ1n) is 4.94. The van der Waals surface area contributed by atoms with Crippen LogP contribution in [0.2, 0.25) is 0 Å². The molecule has 2 unspecified atom stereocenters. The van der Waals surface area contributed by atoms with Crippen LogP contribution in [0.1, 0.15) is 26.0 Å². The molecule has 0 aromatic carbocycles. The van der Waals surface area contributed by atoms with Gasteiger partial charge in [-0.15, -0.1) is 11.3 Å². The average molecular weight is 230 g/mol. The Morgan fingerprint density at radius 2 is 2.36 bits per heavy atom. The number of thioether (sulfide) groups is 1. The van der Waals surface area contributed by atoms with Gasteiger partial charge in [-0.1, -0.05) is 32.0 Å². The van der Waals surface area contributed by atoms with E-state index in [2.05, 4.69) is 24.2 Å². The van der Waals surface area contributed by atoms with Crippen LogP contribution in [0.15, 0.2) is 9.72 Å². The molecule has 0 saturated carbocycles. The lowest BCUT2D eigenvalue weighted by Gasteiger charge is -2.16. The highest BCUT2D eigenvalue weighted by Gasteiger charge is 2.11. The summed E-state index contributed by atoms with van der Waals surface area (Å²) in [7, 11) is 0. The number of thiazole rings is 1. The lowest BCUT2D eigenvalue weighted by molar-refractivity contribution is 0.475. The quantitative estimate of drug-likeness (QED) is 0.791. The van der Waals surface area contributed by atoms with Crippen molar-refractivity contribution >= 4 is 23.1 Å². The molecule has 0 amide bonds. The fourth-order valence-electron chi connectivity index (χ4n) is 1.03. The van der Waals surface area contributed by atoms with E-state index in [1.54, 1.807) is 23.1 Å². The van der Waals surface area contributed by atoms with E-state index in [1.165, 1.54) is 0 Å². The molecule has 0 bridgehead atoms. The van der Waals surface area contributed by atoms with Gasteiger partial charge in [0.05, 0.1) is 0 Å². The molecular formula is C10H18N2S2. The van der Waals surface area contributed by atoms with Gasteiger partial charge in [-0.25, -0.2) is 4.98 Å². The number of hydrogen-bond donors (Lipinski definition) is 1. The van der Waals surface area contributed by atoms with Crippen LogP contribution in [0.5, 0.6) is 0 Å². The lowest BCUT2D eigenvalue weighted by Crippen LogP contribution is -2.30. The standard InChI is InChI=1S/C10H18N2S2/c1-4-7(2)9(11)6-14-10-12-8(3)5-13-10/h5,7,9H,4,6,11H2,1-3H3. The molecule has 80 valence electrons. The predicted octanol–water partition coefficient (Wildman–Crippen LogP) is 2.92. The summed E-state index contributed by atoms with van der Waals surface area (Å²) >= 11 is 3.48. The molecule has 0 spiro atoms. The summed E-state index contributed by atoms with van der Waals surface area (Å²) in [6.07, 6.45) is 1.15. The van der Waals surface area contributed by atoms with Crippen molar-refractivity contribution in [3.63, 3.8) is 0 Å². The van der Waals surface area contributed by atoms with Gasteiger partial charge in [0.2, 0.25) is 0 Å². The van der Waals surface area contributed by atoms with Gasteiger partial charge in [-0.2, -0.15) is 0 Å². The van der Waals surface area contributed by atoms with E-state index in [-0.39, 0.29) is 6.04 Å². The third-order valence-electron chi connectivity index (χ3n) is 2.37. The molecule has 2 N–H and O–H groups in total. The van der Waals surface area contributed by atoms with Crippen molar-refractivity contribution < 1.29 is 0 Å². The Morgan fingerprint density at radius 3 is 2.86 bits per heavy atom. The van der Waals surface area contributed by atoms with Gasteiger partial charge in [-0.3, -0.25) is 0 Å². The Kier molecular flexibility index (Phi) is 4.92. The molecule has 0 aliphatic carbocycles. The van der Waals surface area contributed by atoms with Crippen molar-refractivity contribution in [2.24, 2.45) is 11.7 Å². The SMILES string of the molecule is CCC(C)C(N)CSc1nc(C)cs1. The molecule has 0 aliphatic heterocycles. The number of hydrogen-bond acceptors (Lipinski definition) is 4. The Morgan fingerprint density at radius 1 is 1.64 bits per heavy atom. The maximum absolute atomic E-state index is 6.04. The van der Waals surface area contributed by atoms with Gasteiger partial charge in [0.25, 0.3) is 0 Å². The van der Waals surface area contributed by atoms with Crippen LogP contribution in [0.4, 0.5) is 0 Å². The van der Waals surface area contributed by atoms with E-state index in [9.17, 15) is 0 Å². The number of nitrogens with zero attached hydrogens (tertiary/aromatic N) is 1. The molecule has 1 heterocycles. The zero-order valence-corrected chi connectivity index (χ0v) is 10.6. The third kappa shape index (κ3) is 3.59. The smallest absolute Gasteiger partial charge is 0.150 e. The first kappa shape index (κ1) is 12.0. The summed E-state index contributed by atoms with van der Waals surface area (Å²) in [6.45, 7) is 6.41. The second-order valence-corrected chi connectivity index (χ2v) is 5.74. The van der Waals surface area contributed by atoms with E-state index in [0.29, 0.717) is 5.92 Å². The highest BCUT2D eigenvalue weighted by Crippen LogP contribution is 2.24. The van der Waals surface area contributed by atoms with E-state index in [4.69, 9.17) is 5.73 Å². The van der Waals surface area contributed by atoms with Crippen molar-refractivity contribution in [2.45, 2.75) is 37.6 Å². The summed E-state index contributed by atoms with van der Waals surface area (Å²) < 4.78 is 1.14. The van der Waals surface area contributed by atoms with E-state index < -0.39 is 0 Å². The fraction of sp³-hybridized carbons (Fsp3) is 0.700. The van der Waals surface area contributed by atoms with Gasteiger partial charge >= 0.3 is 0 Å². The number of aryl methyl sites for hydroxylation is 1. The van der Waals surface area contributed by atoms with Crippen LogP contribution in [0.25, 0.3) is 0 Å². The molecule has 14 heavy (non-hydrogen) atoms. The number of aromatic nitrogens is 1. The molecular weight excluding hydrogens is 212 g/mol. The van der Waals surface area contributed by atoms with Gasteiger partial charge in [-0.05, 0) is 12.8 Å². The molecule has 0 radical (unpaired) electrons. The lowest BCUT2D eigenvalue weighted by atomic mass is 10.0. The van der Waals surface area contributed by atoms with E-state index in [1.807, 2.05) is 6.92 Å². The summed E-state index contributed by atoms with van der Waals surface area (Å²) in [5, 5.41) is 2.08. The topological polar surface area (TPSA) is 38.9 Å². The molecule has 0 aliphatic rings. The van der Waals surface area contributed by atoms with Gasteiger partial charge in [0, 0.05) is 22.9 Å². The summed E-state index contributed by atoms with van der Waals surface area (Å²) in [4.78, 5) is 4.39. The second-order valence-electron chi connectivity index (χ2n) is 3.62. The monoisotopic (exact) mass is 230 g/mol. The molecule has 1 aromatic rings. The summed E-state index contributed by atoms with van der Waals surface area (Å²) in [5.41, 5.74) is 7.14. The Labute approximate surface area is 94.3 Å². The number of nitrogens with two attached hydrogens (primary N) is 1. The normalized spacial score (nSPS) is 15.4. The van der Waals surface area contributed by atoms with Gasteiger partial charge < -0.3 is 5.73 Å². The number of rotatable bonds is 5. The van der Waals surface area contributed by atoms with Crippen LogP contribution in [0.3, 0.4) is 0 Å². The third-order valence-corrected chi connectivity index (χ3v) is 4.66. The highest BCUT2D eigenvalue weighted by molar-refractivity contribution is 8.01. The zero-order valence-electron chi connectivity index (χ0n) is 8.99. The van der Waals surface area contributed by atoms with E-state index >= 15 is 0 Å². The first-order valence-corrected chi connectivity index (χ1v) is 6.80. The Balaban J connectivity index is 2.33. The zero-order chi connectivity index (χ0) is 10.6. The molecule has 1 rings (SSSR count). The van der Waals surface area contributed by atoms with Crippen molar-refractivity contribution in [2.75, 3.05) is 5.75 Å². The molecule has 4 heteroatoms. The Hall–Kier alpha value is -0.0600. The van der Waals surface area contributed by atoms with Crippen LogP contribution >= 0.6 is 23.1 Å². The highest BCUT2D eigenvalue weighted by atomic mass is 32.2. The van der Waals surface area contributed by atoms with Crippen molar-refractivity contribution in [1.82, 2.24) is 4.98 Å². The second kappa shape index (κ2) is 5.73. The van der Waals surface area contributed by atoms with Gasteiger partial charge in [0.15, 0.2) is 0 Å². The van der Waals surface area contributed by atoms with Crippen LogP contribution in [-0.4, -0.2) is 16.8 Å². The largest absolute Gasteiger partial charge is 0.327 e. The van der Waals surface area contributed by atoms with Crippen LogP contribution in [-0.2, 0) is 0 Å². The van der Waals surface area contributed by atoms with E-state index in [0.717, 1.165) is 22.2 Å². The Bertz CT molecular complexity index is 273. The molecule has 1 aromatic heterocycles. The molecule has 0 fully saturated rings. The van der Waals surface area contributed by atoms with Gasteiger partial charge in [0.1, 0.15) is 4.34 Å². The minimum absolute atomic E-state index is 0.286. The maximum atomic E-state index is 6.04. The maximum Gasteiger partial charge on any atom is 0.150 e. The molecule has 2 atom stereocenters. The average Bonchev–Trinajstić information content (AvgIpc) is 2.59. The van der Waals surface area contributed by atoms with Crippen LogP contribution < -0.4 is 5.73 Å². The van der Waals surface area contributed by atoms with Crippen LogP contribution in [0, 0.1) is 12.8 Å². The molecule has 0 saturated heterocycles. The summed E-state index contributed by atoms with van der Waals surface area (Å²) in [5.74, 6) is 1.57. The van der Waals surface area contributed by atoms with Crippen molar-refractivity contribution in [3.8, 4) is 0 Å². The van der Waals surface area contributed by atoms with Crippen molar-refractivity contribution in [1.29, 1.82) is 0 Å². The van der Waals surface area contributed by atoms with Crippen molar-refractivity contribution in [3.05, 3.63) is 11.1 Å². The predicted molar refractivity (Wildman–Crippen MR) is 65.0 cm³/mol. The molecule has 2 nitrogen and oxygen atoms in total. The summed E-state index contributed by atoms with van der Waals surface area (Å²) in [6, 6.07) is 0.286.